The Morgan fingerprint density at radius 2 is 2.11 bits per heavy atom. The minimum Gasteiger partial charge on any atom is -0.398 e. The number of carbonyl (C=O) groups excluding carboxylic acids is 1. The number of rotatable bonds is 5. The van der Waals surface area contributed by atoms with Crippen LogP contribution in [0.15, 0.2) is 12.3 Å². The molecule has 18 heavy (non-hydrogen) atoms. The summed E-state index contributed by atoms with van der Waals surface area (Å²) in [6.45, 7) is 8.48. The van der Waals surface area contributed by atoms with Crippen LogP contribution in [0.25, 0.3) is 0 Å². The number of amides is 1. The molecule has 0 spiro atoms. The fourth-order valence-corrected chi connectivity index (χ4v) is 1.36. The van der Waals surface area contributed by atoms with Crippen molar-refractivity contribution in [2.24, 2.45) is 5.92 Å². The van der Waals surface area contributed by atoms with Crippen molar-refractivity contribution in [3.05, 3.63) is 17.8 Å². The van der Waals surface area contributed by atoms with Gasteiger partial charge in [-0.25, -0.2) is 4.98 Å². The quantitative estimate of drug-likeness (QED) is 0.740. The van der Waals surface area contributed by atoms with E-state index in [1.807, 2.05) is 6.92 Å². The van der Waals surface area contributed by atoms with Crippen molar-refractivity contribution >= 4 is 17.4 Å². The highest BCUT2D eigenvalue weighted by Crippen LogP contribution is 2.14. The number of nitrogens with two attached hydrogens (primary N) is 1. The first-order valence-electron chi connectivity index (χ1n) is 6.16. The smallest absolute Gasteiger partial charge is 0.242 e. The largest absolute Gasteiger partial charge is 0.398 e. The zero-order chi connectivity index (χ0) is 13.7. The highest BCUT2D eigenvalue weighted by molar-refractivity contribution is 5.84. The molecule has 1 amide bonds. The summed E-state index contributed by atoms with van der Waals surface area (Å²) in [7, 11) is 0. The predicted octanol–water partition coefficient (Wildman–Crippen LogP) is 1.54. The predicted molar refractivity (Wildman–Crippen MR) is 74.3 cm³/mol. The van der Waals surface area contributed by atoms with E-state index in [0.717, 1.165) is 5.56 Å². The Morgan fingerprint density at radius 1 is 1.44 bits per heavy atom. The van der Waals surface area contributed by atoms with Crippen LogP contribution < -0.4 is 16.4 Å². The summed E-state index contributed by atoms with van der Waals surface area (Å²) < 4.78 is 0. The van der Waals surface area contributed by atoms with E-state index in [2.05, 4.69) is 29.5 Å². The second-order valence-corrected chi connectivity index (χ2v) is 4.93. The summed E-state index contributed by atoms with van der Waals surface area (Å²) in [5.74, 6) is 1.02. The van der Waals surface area contributed by atoms with Crippen LogP contribution in [0.3, 0.4) is 0 Å². The number of hydrogen-bond acceptors (Lipinski definition) is 4. The molecule has 0 radical (unpaired) electrons. The molecule has 0 bridgehead atoms. The Hall–Kier alpha value is -1.78. The first kappa shape index (κ1) is 14.3. The number of nitrogen functional groups attached to an aromatic ring is 1. The minimum absolute atomic E-state index is 0.0374. The van der Waals surface area contributed by atoms with Crippen LogP contribution in [0.1, 0.15) is 26.3 Å². The maximum Gasteiger partial charge on any atom is 0.242 e. The average molecular weight is 250 g/mol. The molecule has 0 aliphatic heterocycles. The third-order valence-electron chi connectivity index (χ3n) is 2.59. The number of hydrogen-bond donors (Lipinski definition) is 3. The van der Waals surface area contributed by atoms with Crippen LogP contribution in [-0.2, 0) is 4.79 Å². The van der Waals surface area contributed by atoms with E-state index >= 15 is 0 Å². The van der Waals surface area contributed by atoms with Crippen molar-refractivity contribution in [1.29, 1.82) is 0 Å². The fourth-order valence-electron chi connectivity index (χ4n) is 1.36. The maximum absolute atomic E-state index is 11.8. The Balaban J connectivity index is 2.55. The summed E-state index contributed by atoms with van der Waals surface area (Å²) in [4.78, 5) is 16.0. The van der Waals surface area contributed by atoms with E-state index in [0.29, 0.717) is 24.0 Å². The maximum atomic E-state index is 11.8. The Labute approximate surface area is 108 Å². The van der Waals surface area contributed by atoms with Crippen LogP contribution in [-0.4, -0.2) is 23.5 Å². The third-order valence-corrected chi connectivity index (χ3v) is 2.59. The number of pyridine rings is 1. The average Bonchev–Trinajstić information content (AvgIpc) is 2.30. The van der Waals surface area contributed by atoms with Crippen LogP contribution in [0, 0.1) is 12.8 Å². The first-order chi connectivity index (χ1) is 8.40. The van der Waals surface area contributed by atoms with E-state index in [9.17, 15) is 4.79 Å². The van der Waals surface area contributed by atoms with Gasteiger partial charge in [0.05, 0.1) is 0 Å². The van der Waals surface area contributed by atoms with Gasteiger partial charge in [-0.2, -0.15) is 0 Å². The molecule has 0 aromatic carbocycles. The van der Waals surface area contributed by atoms with Gasteiger partial charge in [-0.15, -0.1) is 0 Å². The van der Waals surface area contributed by atoms with Crippen molar-refractivity contribution < 1.29 is 4.79 Å². The van der Waals surface area contributed by atoms with Gasteiger partial charge in [0.15, 0.2) is 0 Å². The molecule has 1 heterocycles. The SMILES string of the molecule is Cc1cnc(NC(C)C(=O)NCC(C)C)cc1N. The molecule has 5 nitrogen and oxygen atoms in total. The van der Waals surface area contributed by atoms with Gasteiger partial charge < -0.3 is 16.4 Å². The summed E-state index contributed by atoms with van der Waals surface area (Å²) in [6.07, 6.45) is 1.69. The summed E-state index contributed by atoms with van der Waals surface area (Å²) >= 11 is 0. The van der Waals surface area contributed by atoms with Gasteiger partial charge >= 0.3 is 0 Å². The van der Waals surface area contributed by atoms with Crippen molar-refractivity contribution in [2.45, 2.75) is 33.7 Å². The number of carbonyl (C=O) groups is 1. The van der Waals surface area contributed by atoms with E-state index < -0.39 is 0 Å². The highest BCUT2D eigenvalue weighted by atomic mass is 16.2. The molecule has 0 fully saturated rings. The number of aromatic nitrogens is 1. The molecule has 100 valence electrons. The molecule has 0 aliphatic rings. The lowest BCUT2D eigenvalue weighted by Crippen LogP contribution is -2.39. The topological polar surface area (TPSA) is 80.0 Å². The van der Waals surface area contributed by atoms with Crippen molar-refractivity contribution in [3.63, 3.8) is 0 Å². The van der Waals surface area contributed by atoms with E-state index in [-0.39, 0.29) is 11.9 Å². The minimum atomic E-state index is -0.335. The number of anilines is 2. The molecule has 5 heteroatoms. The zero-order valence-electron chi connectivity index (χ0n) is 11.4. The van der Waals surface area contributed by atoms with Gasteiger partial charge in [0.25, 0.3) is 0 Å². The summed E-state index contributed by atoms with van der Waals surface area (Å²) in [5.41, 5.74) is 7.39. The molecule has 0 saturated heterocycles. The Bertz CT molecular complexity index is 417. The molecular formula is C13H22N4O. The first-order valence-corrected chi connectivity index (χ1v) is 6.16. The van der Waals surface area contributed by atoms with Gasteiger partial charge in [0.1, 0.15) is 11.9 Å². The van der Waals surface area contributed by atoms with Crippen LogP contribution >= 0.6 is 0 Å². The molecule has 0 saturated carbocycles. The molecule has 0 aliphatic carbocycles. The molecule has 4 N–H and O–H groups in total. The number of nitrogens with one attached hydrogen (secondary N) is 2. The van der Waals surface area contributed by atoms with E-state index in [4.69, 9.17) is 5.73 Å². The van der Waals surface area contributed by atoms with Crippen LogP contribution in [0.5, 0.6) is 0 Å². The van der Waals surface area contributed by atoms with Crippen molar-refractivity contribution in [1.82, 2.24) is 10.3 Å². The fraction of sp³-hybridized carbons (Fsp3) is 0.538. The number of aryl methyl sites for hydroxylation is 1. The summed E-state index contributed by atoms with van der Waals surface area (Å²) in [5, 5.41) is 5.90. The van der Waals surface area contributed by atoms with Gasteiger partial charge in [0.2, 0.25) is 5.91 Å². The van der Waals surface area contributed by atoms with Crippen molar-refractivity contribution in [3.8, 4) is 0 Å². The lowest BCUT2D eigenvalue weighted by atomic mass is 10.2. The molecule has 1 unspecified atom stereocenters. The van der Waals surface area contributed by atoms with E-state index in [1.165, 1.54) is 0 Å². The number of nitrogens with zero attached hydrogens (tertiary/aromatic N) is 1. The van der Waals surface area contributed by atoms with Gasteiger partial charge in [-0.05, 0) is 25.3 Å². The van der Waals surface area contributed by atoms with E-state index in [1.54, 1.807) is 19.2 Å². The third kappa shape index (κ3) is 4.24. The van der Waals surface area contributed by atoms with Gasteiger partial charge in [0, 0.05) is 24.5 Å². The molecule has 1 aromatic rings. The normalized spacial score (nSPS) is 12.3. The second-order valence-electron chi connectivity index (χ2n) is 4.93. The van der Waals surface area contributed by atoms with Crippen molar-refractivity contribution in [2.75, 3.05) is 17.6 Å². The second kappa shape index (κ2) is 6.23. The monoisotopic (exact) mass is 250 g/mol. The lowest BCUT2D eigenvalue weighted by molar-refractivity contribution is -0.121. The molecule has 1 aromatic heterocycles. The molecular weight excluding hydrogens is 228 g/mol. The summed E-state index contributed by atoms with van der Waals surface area (Å²) in [6, 6.07) is 1.40. The van der Waals surface area contributed by atoms with Crippen LogP contribution in [0.4, 0.5) is 11.5 Å². The highest BCUT2D eigenvalue weighted by Gasteiger charge is 2.13. The van der Waals surface area contributed by atoms with Gasteiger partial charge in [-0.1, -0.05) is 13.8 Å². The van der Waals surface area contributed by atoms with Crippen LogP contribution in [0.2, 0.25) is 0 Å². The standard InChI is InChI=1S/C13H22N4O/c1-8(2)6-16-13(18)10(4)17-12-5-11(14)9(3)7-15-12/h5,7-8,10H,6H2,1-4H3,(H,16,18)(H3,14,15,17). The Kier molecular flexibility index (Phi) is 4.95. The Morgan fingerprint density at radius 3 is 2.67 bits per heavy atom. The lowest BCUT2D eigenvalue weighted by Gasteiger charge is -2.16. The molecule has 1 rings (SSSR count). The zero-order valence-corrected chi connectivity index (χ0v) is 11.4. The van der Waals surface area contributed by atoms with Gasteiger partial charge in [-0.3, -0.25) is 4.79 Å². The molecule has 1 atom stereocenters.